The lowest BCUT2D eigenvalue weighted by atomic mass is 10.4. The summed E-state index contributed by atoms with van der Waals surface area (Å²) in [5, 5.41) is 0. The molecular weight excluding hydrogens is 302 g/mol. The van der Waals surface area contributed by atoms with E-state index in [2.05, 4.69) is 9.97 Å². The first-order valence-electron chi connectivity index (χ1n) is 5.00. The number of aryl methyl sites for hydroxylation is 1. The van der Waals surface area contributed by atoms with Crippen molar-refractivity contribution in [2.75, 3.05) is 0 Å². The van der Waals surface area contributed by atoms with Crippen LogP contribution in [0, 0.1) is 6.92 Å². The first-order valence-corrected chi connectivity index (χ1v) is 6.13. The molecule has 0 saturated carbocycles. The van der Waals surface area contributed by atoms with E-state index < -0.39 is 9.95 Å². The van der Waals surface area contributed by atoms with E-state index in [0.717, 1.165) is 0 Å². The van der Waals surface area contributed by atoms with Gasteiger partial charge < -0.3 is 9.47 Å². The normalized spacial score (nSPS) is 11.5. The summed E-state index contributed by atoms with van der Waals surface area (Å²) in [4.78, 5) is 19.0. The Bertz CT molecular complexity index is 446. The van der Waals surface area contributed by atoms with Crippen LogP contribution in [0.1, 0.15) is 25.4 Å². The molecule has 0 radical (unpaired) electrons. The van der Waals surface area contributed by atoms with Gasteiger partial charge in [-0.1, -0.05) is 34.8 Å². The van der Waals surface area contributed by atoms with Crippen molar-refractivity contribution in [1.29, 1.82) is 0 Å². The molecule has 0 unspecified atom stereocenters. The van der Waals surface area contributed by atoms with Gasteiger partial charge >= 0.3 is 6.16 Å². The fourth-order valence-corrected chi connectivity index (χ4v) is 1.27. The minimum atomic E-state index is -1.79. The Labute approximate surface area is 119 Å². The van der Waals surface area contributed by atoms with E-state index in [1.807, 2.05) is 0 Å². The maximum atomic E-state index is 11.3. The van der Waals surface area contributed by atoms with E-state index in [-0.39, 0.29) is 17.8 Å². The maximum Gasteiger partial charge on any atom is 0.515 e. The zero-order chi connectivity index (χ0) is 13.9. The van der Waals surface area contributed by atoms with Crippen molar-refractivity contribution in [1.82, 2.24) is 9.97 Å². The lowest BCUT2D eigenvalue weighted by Crippen LogP contribution is -2.17. The Morgan fingerprint density at radius 3 is 2.44 bits per heavy atom. The highest BCUT2D eigenvalue weighted by Gasteiger charge is 2.28. The quantitative estimate of drug-likeness (QED) is 0.617. The van der Waals surface area contributed by atoms with Crippen molar-refractivity contribution < 1.29 is 14.3 Å². The SMILES string of the molecule is Cc1cc(OC(=O)OC(C)C)nc(C(Cl)(Cl)Cl)n1. The number of alkyl halides is 3. The predicted molar refractivity (Wildman–Crippen MR) is 68.3 cm³/mol. The zero-order valence-electron chi connectivity index (χ0n) is 9.91. The highest BCUT2D eigenvalue weighted by molar-refractivity contribution is 6.66. The van der Waals surface area contributed by atoms with Crippen molar-refractivity contribution in [3.63, 3.8) is 0 Å². The third kappa shape index (κ3) is 4.84. The lowest BCUT2D eigenvalue weighted by Gasteiger charge is -2.12. The molecule has 1 aromatic rings. The van der Waals surface area contributed by atoms with Crippen molar-refractivity contribution in [2.24, 2.45) is 0 Å². The molecule has 0 aliphatic carbocycles. The molecule has 0 N–H and O–H groups in total. The summed E-state index contributed by atoms with van der Waals surface area (Å²) in [6, 6.07) is 1.43. The summed E-state index contributed by atoms with van der Waals surface area (Å²) in [6.07, 6.45) is -1.17. The van der Waals surface area contributed by atoms with Gasteiger partial charge in [0.2, 0.25) is 9.67 Å². The van der Waals surface area contributed by atoms with Gasteiger partial charge in [-0.25, -0.2) is 9.78 Å². The molecular formula is C10H11Cl3N2O3. The average Bonchev–Trinajstić information content (AvgIpc) is 2.13. The number of hydrogen-bond acceptors (Lipinski definition) is 5. The number of ether oxygens (including phenoxy) is 2. The molecule has 0 aliphatic rings. The van der Waals surface area contributed by atoms with Crippen LogP contribution in [0.25, 0.3) is 0 Å². The largest absolute Gasteiger partial charge is 0.515 e. The molecule has 8 heteroatoms. The van der Waals surface area contributed by atoms with Gasteiger partial charge in [-0.3, -0.25) is 0 Å². The second-order valence-corrected chi connectivity index (χ2v) is 5.97. The van der Waals surface area contributed by atoms with E-state index in [1.165, 1.54) is 6.07 Å². The van der Waals surface area contributed by atoms with Crippen LogP contribution in [0.2, 0.25) is 0 Å². The number of nitrogens with zero attached hydrogens (tertiary/aromatic N) is 2. The molecule has 1 heterocycles. The summed E-state index contributed by atoms with van der Waals surface area (Å²) in [5.74, 6) is -0.102. The Morgan fingerprint density at radius 1 is 1.33 bits per heavy atom. The molecule has 0 fully saturated rings. The number of carbonyl (C=O) groups is 1. The van der Waals surface area contributed by atoms with E-state index in [0.29, 0.717) is 5.69 Å². The highest BCUT2D eigenvalue weighted by atomic mass is 35.6. The maximum absolute atomic E-state index is 11.3. The number of rotatable bonds is 2. The summed E-state index contributed by atoms with van der Waals surface area (Å²) in [7, 11) is 0. The molecule has 0 aromatic carbocycles. The van der Waals surface area contributed by atoms with Crippen molar-refractivity contribution >= 4 is 41.0 Å². The Kier molecular flexibility index (Phi) is 5.01. The Balaban J connectivity index is 2.90. The molecule has 100 valence electrons. The molecule has 0 spiro atoms. The topological polar surface area (TPSA) is 61.3 Å². The molecule has 1 aromatic heterocycles. The van der Waals surface area contributed by atoms with E-state index in [4.69, 9.17) is 44.3 Å². The minimum Gasteiger partial charge on any atom is -0.431 e. The van der Waals surface area contributed by atoms with Gasteiger partial charge in [-0.15, -0.1) is 0 Å². The standard InChI is InChI=1S/C10H11Cl3N2O3/c1-5(2)17-9(16)18-7-4-6(3)14-8(15-7)10(11,12)13/h4-5H,1-3H3. The number of halogens is 3. The lowest BCUT2D eigenvalue weighted by molar-refractivity contribution is 0.0714. The molecule has 18 heavy (non-hydrogen) atoms. The molecule has 5 nitrogen and oxygen atoms in total. The van der Waals surface area contributed by atoms with Crippen molar-refractivity contribution in [2.45, 2.75) is 30.7 Å². The van der Waals surface area contributed by atoms with Crippen LogP contribution >= 0.6 is 34.8 Å². The smallest absolute Gasteiger partial charge is 0.431 e. The van der Waals surface area contributed by atoms with Gasteiger partial charge in [-0.2, -0.15) is 4.98 Å². The number of carbonyl (C=O) groups excluding carboxylic acids is 1. The van der Waals surface area contributed by atoms with Gasteiger partial charge in [0.15, 0.2) is 5.82 Å². The number of hydrogen-bond donors (Lipinski definition) is 0. The van der Waals surface area contributed by atoms with Crippen LogP contribution < -0.4 is 4.74 Å². The second-order valence-electron chi connectivity index (χ2n) is 3.69. The molecule has 0 bridgehead atoms. The van der Waals surface area contributed by atoms with E-state index in [9.17, 15) is 4.79 Å². The highest BCUT2D eigenvalue weighted by Crippen LogP contribution is 2.36. The van der Waals surface area contributed by atoms with Crippen molar-refractivity contribution in [3.05, 3.63) is 17.6 Å². The van der Waals surface area contributed by atoms with Crippen molar-refractivity contribution in [3.8, 4) is 5.88 Å². The molecule has 1 rings (SSSR count). The third-order valence-electron chi connectivity index (χ3n) is 1.60. The van der Waals surface area contributed by atoms with Gasteiger partial charge in [0.05, 0.1) is 6.10 Å². The minimum absolute atomic E-state index is 0.0329. The van der Waals surface area contributed by atoms with Crippen LogP contribution in [-0.2, 0) is 8.53 Å². The van der Waals surface area contributed by atoms with E-state index in [1.54, 1.807) is 20.8 Å². The molecule has 0 amide bonds. The summed E-state index contributed by atoms with van der Waals surface area (Å²) >= 11 is 17.0. The fourth-order valence-electron chi connectivity index (χ4n) is 1.02. The zero-order valence-corrected chi connectivity index (χ0v) is 12.2. The van der Waals surface area contributed by atoms with Crippen LogP contribution in [0.4, 0.5) is 4.79 Å². The summed E-state index contributed by atoms with van der Waals surface area (Å²) in [5.41, 5.74) is 0.499. The molecule has 0 atom stereocenters. The first-order chi connectivity index (χ1) is 8.18. The Morgan fingerprint density at radius 2 is 1.94 bits per heavy atom. The first kappa shape index (κ1) is 15.3. The molecule has 0 saturated heterocycles. The summed E-state index contributed by atoms with van der Waals surface area (Å²) in [6.45, 7) is 5.04. The predicted octanol–water partition coefficient (Wildman–Crippen LogP) is 3.54. The van der Waals surface area contributed by atoms with Crippen LogP contribution in [0.15, 0.2) is 6.07 Å². The number of aromatic nitrogens is 2. The van der Waals surface area contributed by atoms with Crippen LogP contribution in [0.5, 0.6) is 5.88 Å². The Hall–Kier alpha value is -0.780. The molecule has 0 aliphatic heterocycles. The van der Waals surface area contributed by atoms with Gasteiger partial charge in [0.1, 0.15) is 0 Å². The van der Waals surface area contributed by atoms with Gasteiger partial charge in [0, 0.05) is 11.8 Å². The van der Waals surface area contributed by atoms with Gasteiger partial charge in [0.25, 0.3) is 0 Å². The van der Waals surface area contributed by atoms with E-state index >= 15 is 0 Å². The summed E-state index contributed by atoms with van der Waals surface area (Å²) < 4.78 is 7.87. The van der Waals surface area contributed by atoms with Gasteiger partial charge in [-0.05, 0) is 20.8 Å². The fraction of sp³-hybridized carbons (Fsp3) is 0.500. The average molecular weight is 314 g/mol. The monoisotopic (exact) mass is 312 g/mol. The third-order valence-corrected chi connectivity index (χ3v) is 2.11. The van der Waals surface area contributed by atoms with Crippen LogP contribution in [-0.4, -0.2) is 22.2 Å². The second kappa shape index (κ2) is 5.91. The van der Waals surface area contributed by atoms with Crippen LogP contribution in [0.3, 0.4) is 0 Å².